The van der Waals surface area contributed by atoms with E-state index in [-0.39, 0.29) is 23.5 Å². The summed E-state index contributed by atoms with van der Waals surface area (Å²) in [6, 6.07) is 10.7. The number of sulfone groups is 1. The van der Waals surface area contributed by atoms with E-state index in [1.807, 2.05) is 30.3 Å². The number of rotatable bonds is 4. The highest BCUT2D eigenvalue weighted by atomic mass is 32.2. The van der Waals surface area contributed by atoms with Gasteiger partial charge in [0.25, 0.3) is 5.91 Å². The van der Waals surface area contributed by atoms with Crippen LogP contribution in [0.2, 0.25) is 0 Å². The van der Waals surface area contributed by atoms with Gasteiger partial charge in [-0.25, -0.2) is 8.42 Å². The molecule has 28 heavy (non-hydrogen) atoms. The van der Waals surface area contributed by atoms with Crippen molar-refractivity contribution in [3.8, 4) is 17.1 Å². The van der Waals surface area contributed by atoms with Gasteiger partial charge in [0.1, 0.15) is 21.6 Å². The first-order valence-electron chi connectivity index (χ1n) is 8.59. The predicted molar refractivity (Wildman–Crippen MR) is 113 cm³/mol. The molecule has 2 aromatic rings. The number of carbonyl (C=O) groups is 1. The quantitative estimate of drug-likeness (QED) is 0.538. The van der Waals surface area contributed by atoms with Crippen molar-refractivity contribution in [2.24, 2.45) is 0 Å². The fraction of sp³-hybridized carbons (Fsp3) is 0.263. The normalized spacial score (nSPS) is 23.0. The number of furan rings is 1. The third-order valence-corrected chi connectivity index (χ3v) is 7.75. The largest absolute Gasteiger partial charge is 0.496 e. The maximum atomic E-state index is 12.8. The van der Waals surface area contributed by atoms with Gasteiger partial charge >= 0.3 is 0 Å². The average molecular weight is 436 g/mol. The molecule has 0 bridgehead atoms. The van der Waals surface area contributed by atoms with Gasteiger partial charge in [0.05, 0.1) is 35.1 Å². The minimum Gasteiger partial charge on any atom is -0.496 e. The van der Waals surface area contributed by atoms with Gasteiger partial charge in [0, 0.05) is 6.08 Å². The van der Waals surface area contributed by atoms with Crippen molar-refractivity contribution in [2.45, 2.75) is 12.5 Å². The monoisotopic (exact) mass is 435 g/mol. The van der Waals surface area contributed by atoms with Crippen LogP contribution < -0.4 is 4.74 Å². The molecule has 0 aliphatic carbocycles. The Labute approximate surface area is 172 Å². The third-order valence-electron chi connectivity index (χ3n) is 4.67. The van der Waals surface area contributed by atoms with Crippen LogP contribution in [-0.4, -0.2) is 48.2 Å². The number of amides is 1. The van der Waals surface area contributed by atoms with Crippen molar-refractivity contribution in [3.63, 3.8) is 0 Å². The predicted octanol–water partition coefficient (Wildman–Crippen LogP) is 3.34. The number of hydrogen-bond acceptors (Lipinski definition) is 7. The van der Waals surface area contributed by atoms with E-state index in [0.717, 1.165) is 5.56 Å². The van der Waals surface area contributed by atoms with Gasteiger partial charge in [-0.1, -0.05) is 36.1 Å². The topological polar surface area (TPSA) is 76.8 Å². The second-order valence-electron chi connectivity index (χ2n) is 6.51. The summed E-state index contributed by atoms with van der Waals surface area (Å²) in [6.07, 6.45) is 2.06. The molecule has 1 amide bonds. The Kier molecular flexibility index (Phi) is 5.07. The lowest BCUT2D eigenvalue weighted by atomic mass is 10.1. The zero-order valence-corrected chi connectivity index (χ0v) is 17.4. The lowest BCUT2D eigenvalue weighted by Crippen LogP contribution is -2.39. The van der Waals surface area contributed by atoms with Gasteiger partial charge in [-0.05, 0) is 30.7 Å². The van der Waals surface area contributed by atoms with Crippen molar-refractivity contribution in [2.75, 3.05) is 18.6 Å². The van der Waals surface area contributed by atoms with E-state index in [1.54, 1.807) is 19.3 Å². The minimum absolute atomic E-state index is 0.0363. The van der Waals surface area contributed by atoms with Crippen LogP contribution in [-0.2, 0) is 14.6 Å². The van der Waals surface area contributed by atoms with E-state index >= 15 is 0 Å². The average Bonchev–Trinajstić information content (AvgIpc) is 3.34. The number of para-hydroxylation sites is 1. The van der Waals surface area contributed by atoms with Crippen molar-refractivity contribution < 1.29 is 22.4 Å². The summed E-state index contributed by atoms with van der Waals surface area (Å²) in [5.41, 5.74) is 0.813. The Balaban J connectivity index is 1.58. The second-order valence-corrected chi connectivity index (χ2v) is 10.4. The molecule has 1 atom stereocenters. The molecule has 0 radical (unpaired) electrons. The molecule has 1 unspecified atom stereocenters. The summed E-state index contributed by atoms with van der Waals surface area (Å²) < 4.78 is 35.1. The fourth-order valence-electron chi connectivity index (χ4n) is 3.33. The molecule has 1 aromatic carbocycles. The number of thioether (sulfide) groups is 1. The van der Waals surface area contributed by atoms with Crippen LogP contribution >= 0.6 is 24.0 Å². The molecule has 1 aromatic heterocycles. The summed E-state index contributed by atoms with van der Waals surface area (Å²) >= 11 is 6.49. The Morgan fingerprint density at radius 1 is 1.29 bits per heavy atom. The zero-order chi connectivity index (χ0) is 19.9. The van der Waals surface area contributed by atoms with E-state index in [0.29, 0.717) is 32.9 Å². The SMILES string of the molecule is COc1ccccc1-c1ccc(/C=C2/SC(=S)N(C3CCS(=O)(=O)C3)C2=O)o1. The zero-order valence-electron chi connectivity index (χ0n) is 15.0. The molecule has 3 heterocycles. The Bertz CT molecular complexity index is 1090. The molecule has 4 rings (SSSR count). The lowest BCUT2D eigenvalue weighted by Gasteiger charge is -2.20. The Hall–Kier alpha value is -2.10. The van der Waals surface area contributed by atoms with Crippen LogP contribution in [0.5, 0.6) is 5.75 Å². The van der Waals surface area contributed by atoms with Crippen molar-refractivity contribution in [3.05, 3.63) is 47.1 Å². The summed E-state index contributed by atoms with van der Waals surface area (Å²) in [7, 11) is -1.51. The molecule has 0 N–H and O–H groups in total. The first-order valence-corrected chi connectivity index (χ1v) is 11.6. The van der Waals surface area contributed by atoms with Crippen LogP contribution in [0, 0.1) is 0 Å². The van der Waals surface area contributed by atoms with Crippen LogP contribution in [0.4, 0.5) is 0 Å². The van der Waals surface area contributed by atoms with Crippen LogP contribution in [0.3, 0.4) is 0 Å². The molecule has 9 heteroatoms. The van der Waals surface area contributed by atoms with E-state index in [4.69, 9.17) is 21.4 Å². The van der Waals surface area contributed by atoms with Crippen molar-refractivity contribution in [1.82, 2.24) is 4.90 Å². The van der Waals surface area contributed by atoms with Gasteiger partial charge in [-0.3, -0.25) is 9.69 Å². The van der Waals surface area contributed by atoms with E-state index < -0.39 is 9.84 Å². The van der Waals surface area contributed by atoms with Gasteiger partial charge in [-0.15, -0.1) is 0 Å². The van der Waals surface area contributed by atoms with Gasteiger partial charge in [0.2, 0.25) is 0 Å². The standard InChI is InChI=1S/C19H17NO5S3/c1-24-15-5-3-2-4-14(15)16-7-6-13(25-16)10-17-18(21)20(19(26)27-17)12-8-9-28(22,23)11-12/h2-7,10,12H,8-9,11H2,1H3/b17-10+. The van der Waals surface area contributed by atoms with Crippen molar-refractivity contribution >= 4 is 50.1 Å². The number of nitrogens with zero attached hydrogens (tertiary/aromatic N) is 1. The number of thiocarbonyl (C=S) groups is 1. The highest BCUT2D eigenvalue weighted by Gasteiger charge is 2.42. The number of carbonyl (C=O) groups excluding carboxylic acids is 1. The van der Waals surface area contributed by atoms with E-state index in [9.17, 15) is 13.2 Å². The molecule has 2 aliphatic rings. The molecule has 0 spiro atoms. The van der Waals surface area contributed by atoms with E-state index in [1.165, 1.54) is 16.7 Å². The highest BCUT2D eigenvalue weighted by Crippen LogP contribution is 2.37. The third kappa shape index (κ3) is 3.61. The molecule has 2 saturated heterocycles. The number of hydrogen-bond donors (Lipinski definition) is 0. The second kappa shape index (κ2) is 7.38. The molecular weight excluding hydrogens is 418 g/mol. The molecule has 6 nitrogen and oxygen atoms in total. The van der Waals surface area contributed by atoms with Crippen molar-refractivity contribution in [1.29, 1.82) is 0 Å². The number of ether oxygens (including phenoxy) is 1. The van der Waals surface area contributed by atoms with Crippen LogP contribution in [0.15, 0.2) is 45.7 Å². The van der Waals surface area contributed by atoms with E-state index in [2.05, 4.69) is 0 Å². The molecule has 146 valence electrons. The Morgan fingerprint density at radius 3 is 2.79 bits per heavy atom. The van der Waals surface area contributed by atoms with Crippen LogP contribution in [0.25, 0.3) is 17.4 Å². The number of benzene rings is 1. The molecular formula is C19H17NO5S3. The van der Waals surface area contributed by atoms with Gasteiger partial charge in [0.15, 0.2) is 9.84 Å². The van der Waals surface area contributed by atoms with Crippen LogP contribution in [0.1, 0.15) is 12.2 Å². The molecule has 2 fully saturated rings. The Morgan fingerprint density at radius 2 is 2.07 bits per heavy atom. The highest BCUT2D eigenvalue weighted by molar-refractivity contribution is 8.26. The first kappa shape index (κ1) is 19.2. The fourth-order valence-corrected chi connectivity index (χ4v) is 6.41. The maximum absolute atomic E-state index is 12.8. The summed E-state index contributed by atoms with van der Waals surface area (Å²) in [5, 5.41) is 0. The lowest BCUT2D eigenvalue weighted by molar-refractivity contribution is -0.123. The van der Waals surface area contributed by atoms with Gasteiger partial charge < -0.3 is 9.15 Å². The maximum Gasteiger partial charge on any atom is 0.266 e. The molecule has 2 aliphatic heterocycles. The van der Waals surface area contributed by atoms with Gasteiger partial charge in [-0.2, -0.15) is 0 Å². The molecule has 0 saturated carbocycles. The smallest absolute Gasteiger partial charge is 0.266 e. The summed E-state index contributed by atoms with van der Waals surface area (Å²) in [4.78, 5) is 14.6. The minimum atomic E-state index is -3.10. The number of methoxy groups -OCH3 is 1. The summed E-state index contributed by atoms with van der Waals surface area (Å²) in [6.45, 7) is 0. The first-order chi connectivity index (χ1) is 13.4. The summed E-state index contributed by atoms with van der Waals surface area (Å²) in [5.74, 6) is 1.62.